The van der Waals surface area contributed by atoms with Crippen molar-refractivity contribution in [1.29, 1.82) is 0 Å². The molecule has 1 fully saturated rings. The minimum Gasteiger partial charge on any atom is -0.490 e. The fraction of sp³-hybridized carbons (Fsp3) is 0.308. The third-order valence-corrected chi connectivity index (χ3v) is 5.38. The highest BCUT2D eigenvalue weighted by Gasteiger charge is 2.18. The van der Waals surface area contributed by atoms with Gasteiger partial charge in [-0.1, -0.05) is 54.1 Å². The van der Waals surface area contributed by atoms with Crippen LogP contribution in [0.25, 0.3) is 0 Å². The number of carbonyl (C=O) groups is 2. The zero-order valence-corrected chi connectivity index (χ0v) is 19.2. The number of benzene rings is 2. The van der Waals surface area contributed by atoms with Crippen LogP contribution in [0.3, 0.4) is 0 Å². The minimum atomic E-state index is -1.26. The predicted octanol–water partition coefficient (Wildman–Crippen LogP) is 4.94. The third-order valence-electron chi connectivity index (χ3n) is 5.13. The van der Waals surface area contributed by atoms with E-state index in [2.05, 4.69) is 29.2 Å². The van der Waals surface area contributed by atoms with Gasteiger partial charge >= 0.3 is 11.9 Å². The van der Waals surface area contributed by atoms with E-state index in [9.17, 15) is 9.59 Å². The maximum absolute atomic E-state index is 9.55. The molecule has 0 atom stereocenters. The molecule has 7 heteroatoms. The fourth-order valence-electron chi connectivity index (χ4n) is 3.42. The second-order valence-corrected chi connectivity index (χ2v) is 8.12. The van der Waals surface area contributed by atoms with E-state index >= 15 is 0 Å². The van der Waals surface area contributed by atoms with Crippen LogP contribution in [0, 0.1) is 5.92 Å². The Morgan fingerprint density at radius 1 is 0.939 bits per heavy atom. The molecular formula is C26H30ClNO5. The molecule has 0 spiro atoms. The maximum atomic E-state index is 9.55. The Hall–Kier alpha value is -3.09. The number of hydrogen-bond acceptors (Lipinski definition) is 4. The van der Waals surface area contributed by atoms with E-state index in [-0.39, 0.29) is 0 Å². The number of halogens is 1. The Labute approximate surface area is 199 Å². The van der Waals surface area contributed by atoms with E-state index in [1.165, 1.54) is 37.9 Å². The molecule has 1 aliphatic heterocycles. The smallest absolute Gasteiger partial charge is 0.328 e. The molecule has 0 aliphatic carbocycles. The number of ether oxygens (including phenoxy) is 1. The van der Waals surface area contributed by atoms with Gasteiger partial charge in [-0.15, -0.1) is 0 Å². The van der Waals surface area contributed by atoms with Gasteiger partial charge in [-0.2, -0.15) is 0 Å². The molecule has 1 aliphatic rings. The monoisotopic (exact) mass is 471 g/mol. The first-order valence-electron chi connectivity index (χ1n) is 10.9. The van der Waals surface area contributed by atoms with Crippen molar-refractivity contribution in [3.05, 3.63) is 89.5 Å². The predicted molar refractivity (Wildman–Crippen MR) is 130 cm³/mol. The SMILES string of the molecule is Clc1ccc(CC2CCN(CC=CCOc3ccccc3)CC2)cc1.O=C(O)/C=C\C(=O)O. The van der Waals surface area contributed by atoms with Gasteiger partial charge in [0.05, 0.1) is 0 Å². The second-order valence-electron chi connectivity index (χ2n) is 7.68. The summed E-state index contributed by atoms with van der Waals surface area (Å²) in [6.45, 7) is 4.02. The highest BCUT2D eigenvalue weighted by molar-refractivity contribution is 6.30. The summed E-state index contributed by atoms with van der Waals surface area (Å²) >= 11 is 5.96. The topological polar surface area (TPSA) is 87.1 Å². The summed E-state index contributed by atoms with van der Waals surface area (Å²) in [7, 11) is 0. The Balaban J connectivity index is 0.000000414. The van der Waals surface area contributed by atoms with Crippen LogP contribution in [0.5, 0.6) is 5.75 Å². The summed E-state index contributed by atoms with van der Waals surface area (Å²) in [5.74, 6) is -0.794. The summed E-state index contributed by atoms with van der Waals surface area (Å²) in [5.41, 5.74) is 1.40. The van der Waals surface area contributed by atoms with Gasteiger partial charge in [0.2, 0.25) is 0 Å². The molecule has 0 bridgehead atoms. The van der Waals surface area contributed by atoms with Crippen LogP contribution in [0.2, 0.25) is 5.02 Å². The molecule has 6 nitrogen and oxygen atoms in total. The summed E-state index contributed by atoms with van der Waals surface area (Å²) in [4.78, 5) is 21.6. The number of para-hydroxylation sites is 1. The Morgan fingerprint density at radius 3 is 2.12 bits per heavy atom. The van der Waals surface area contributed by atoms with Gasteiger partial charge in [0, 0.05) is 23.7 Å². The number of aliphatic carboxylic acids is 2. The van der Waals surface area contributed by atoms with Crippen LogP contribution in [0.15, 0.2) is 78.9 Å². The number of likely N-dealkylation sites (tertiary alicyclic amines) is 1. The number of carboxylic acid groups (broad SMARTS) is 2. The lowest BCUT2D eigenvalue weighted by Gasteiger charge is -2.31. The molecule has 176 valence electrons. The molecule has 1 heterocycles. The van der Waals surface area contributed by atoms with Crippen molar-refractivity contribution in [3.8, 4) is 5.75 Å². The standard InChI is InChI=1S/C22H26ClNO.C4H4O4/c23-21-10-8-19(9-11-21)18-20-12-15-24(16-13-20)14-4-5-17-25-22-6-2-1-3-7-22;5-3(6)1-2-4(7)8/h1-11,20H,12-18H2;1-2H,(H,5,6)(H,7,8)/b;2-1-. The van der Waals surface area contributed by atoms with Crippen molar-refractivity contribution in [2.45, 2.75) is 19.3 Å². The third kappa shape index (κ3) is 11.9. The first-order chi connectivity index (χ1) is 15.9. The van der Waals surface area contributed by atoms with Crippen LogP contribution in [-0.2, 0) is 16.0 Å². The molecule has 2 aromatic carbocycles. The van der Waals surface area contributed by atoms with Crippen molar-refractivity contribution in [2.75, 3.05) is 26.2 Å². The van der Waals surface area contributed by atoms with Gasteiger partial charge < -0.3 is 14.9 Å². The summed E-state index contributed by atoms with van der Waals surface area (Å²) in [6.07, 6.45) is 9.18. The number of piperidine rings is 1. The highest BCUT2D eigenvalue weighted by Crippen LogP contribution is 2.22. The maximum Gasteiger partial charge on any atom is 0.328 e. The molecule has 0 unspecified atom stereocenters. The lowest BCUT2D eigenvalue weighted by Crippen LogP contribution is -2.34. The average molecular weight is 472 g/mol. The second kappa shape index (κ2) is 14.9. The highest BCUT2D eigenvalue weighted by atomic mass is 35.5. The van der Waals surface area contributed by atoms with Crippen LogP contribution in [0.4, 0.5) is 0 Å². The molecule has 0 radical (unpaired) electrons. The van der Waals surface area contributed by atoms with E-state index in [4.69, 9.17) is 26.6 Å². The normalized spacial score (nSPS) is 14.7. The number of rotatable bonds is 9. The lowest BCUT2D eigenvalue weighted by molar-refractivity contribution is -0.134. The van der Waals surface area contributed by atoms with Crippen LogP contribution < -0.4 is 4.74 Å². The minimum absolute atomic E-state index is 0.558. The average Bonchev–Trinajstić information content (AvgIpc) is 2.81. The van der Waals surface area contributed by atoms with Gasteiger partial charge in [0.1, 0.15) is 12.4 Å². The fourth-order valence-corrected chi connectivity index (χ4v) is 3.55. The lowest BCUT2D eigenvalue weighted by atomic mass is 9.90. The first kappa shape index (κ1) is 26.2. The molecule has 0 saturated carbocycles. The molecule has 3 rings (SSSR count). The largest absolute Gasteiger partial charge is 0.490 e. The van der Waals surface area contributed by atoms with Gasteiger partial charge in [-0.05, 0) is 68.1 Å². The molecule has 1 saturated heterocycles. The summed E-state index contributed by atoms with van der Waals surface area (Å²) < 4.78 is 5.67. The van der Waals surface area contributed by atoms with Crippen molar-refractivity contribution in [2.24, 2.45) is 5.92 Å². The van der Waals surface area contributed by atoms with Gasteiger partial charge in [0.15, 0.2) is 0 Å². The quantitative estimate of drug-likeness (QED) is 0.398. The van der Waals surface area contributed by atoms with Gasteiger partial charge in [0.25, 0.3) is 0 Å². The zero-order valence-electron chi connectivity index (χ0n) is 18.5. The first-order valence-corrected chi connectivity index (χ1v) is 11.2. The van der Waals surface area contributed by atoms with Gasteiger partial charge in [-0.3, -0.25) is 4.90 Å². The number of hydrogen-bond donors (Lipinski definition) is 2. The van der Waals surface area contributed by atoms with Crippen molar-refractivity contribution < 1.29 is 24.5 Å². The van der Waals surface area contributed by atoms with E-state index in [0.29, 0.717) is 18.8 Å². The molecule has 0 amide bonds. The van der Waals surface area contributed by atoms with Crippen molar-refractivity contribution >= 4 is 23.5 Å². The molecule has 0 aromatic heterocycles. The zero-order chi connectivity index (χ0) is 23.9. The molecule has 2 N–H and O–H groups in total. The molecule has 2 aromatic rings. The van der Waals surface area contributed by atoms with Crippen LogP contribution in [0.1, 0.15) is 18.4 Å². The Bertz CT molecular complexity index is 888. The van der Waals surface area contributed by atoms with Crippen molar-refractivity contribution in [3.63, 3.8) is 0 Å². The molecular weight excluding hydrogens is 442 g/mol. The Morgan fingerprint density at radius 2 is 1.55 bits per heavy atom. The number of carboxylic acids is 2. The van der Waals surface area contributed by atoms with Gasteiger partial charge in [-0.25, -0.2) is 9.59 Å². The molecule has 33 heavy (non-hydrogen) atoms. The van der Waals surface area contributed by atoms with E-state index in [1.807, 2.05) is 42.5 Å². The van der Waals surface area contributed by atoms with E-state index in [1.54, 1.807) is 0 Å². The van der Waals surface area contributed by atoms with Crippen LogP contribution >= 0.6 is 11.6 Å². The Kier molecular flexibility index (Phi) is 11.8. The summed E-state index contributed by atoms with van der Waals surface area (Å²) in [6, 6.07) is 18.3. The van der Waals surface area contributed by atoms with Crippen molar-refractivity contribution in [1.82, 2.24) is 4.90 Å². The van der Waals surface area contributed by atoms with E-state index in [0.717, 1.165) is 23.2 Å². The van der Waals surface area contributed by atoms with E-state index < -0.39 is 11.9 Å². The summed E-state index contributed by atoms with van der Waals surface area (Å²) in [5, 5.41) is 16.4. The van der Waals surface area contributed by atoms with Crippen LogP contribution in [-0.4, -0.2) is 53.3 Å². The number of nitrogens with zero attached hydrogens (tertiary/aromatic N) is 1.